The van der Waals surface area contributed by atoms with E-state index in [0.29, 0.717) is 16.2 Å². The van der Waals surface area contributed by atoms with Gasteiger partial charge in [0.1, 0.15) is 6.04 Å². The number of carboxylic acids is 1. The van der Waals surface area contributed by atoms with E-state index in [0.717, 1.165) is 5.56 Å². The second-order valence-electron chi connectivity index (χ2n) is 3.76. The lowest BCUT2D eigenvalue weighted by Crippen LogP contribution is -2.42. The summed E-state index contributed by atoms with van der Waals surface area (Å²) in [7, 11) is 2.71. The van der Waals surface area contributed by atoms with Crippen LogP contribution in [0, 0.1) is 0 Å². The zero-order valence-corrected chi connectivity index (χ0v) is 11.1. The molecule has 1 radical (unpaired) electrons. The normalized spacial score (nSPS) is 12.2. The largest absolute Gasteiger partial charge is 0.480 e. The Morgan fingerprint density at radius 2 is 2.17 bits per heavy atom. The van der Waals surface area contributed by atoms with Crippen molar-refractivity contribution in [3.05, 3.63) is 33.8 Å². The number of rotatable bonds is 6. The van der Waals surface area contributed by atoms with Crippen LogP contribution in [-0.2, 0) is 16.0 Å². The molecule has 0 bridgehead atoms. The van der Waals surface area contributed by atoms with Crippen LogP contribution in [0.2, 0.25) is 10.0 Å². The van der Waals surface area contributed by atoms with Crippen LogP contribution in [-0.4, -0.2) is 42.6 Å². The molecule has 1 rings (SSSR count). The number of likely N-dealkylation sites (N-methyl/N-ethyl adjacent to an activating group) is 1. The molecule has 1 aromatic carbocycles. The van der Waals surface area contributed by atoms with Gasteiger partial charge in [-0.1, -0.05) is 29.3 Å². The number of carboxylic acid groups (broad SMARTS) is 1. The minimum absolute atomic E-state index is 0.229. The predicted octanol–water partition coefficient (Wildman–Crippen LogP) is 1.73. The molecule has 7 heteroatoms. The van der Waals surface area contributed by atoms with E-state index in [9.17, 15) is 9.59 Å². The quantitative estimate of drug-likeness (QED) is 0.639. The molecule has 18 heavy (non-hydrogen) atoms. The summed E-state index contributed by atoms with van der Waals surface area (Å²) in [4.78, 5) is 22.8. The summed E-state index contributed by atoms with van der Waals surface area (Å²) >= 11 is 11.6. The highest BCUT2D eigenvalue weighted by Gasteiger charge is 2.23. The minimum atomic E-state index is -1.01. The van der Waals surface area contributed by atoms with E-state index < -0.39 is 12.0 Å². The summed E-state index contributed by atoms with van der Waals surface area (Å²) in [6.45, 7) is 0. The predicted molar refractivity (Wildman–Crippen MR) is 71.9 cm³/mol. The molecule has 0 spiro atoms. The number of hydrogen-bond acceptors (Lipinski definition) is 3. The molecule has 95 valence electrons. The third-order valence-corrected chi connectivity index (χ3v) is 3.22. The first-order valence-corrected chi connectivity index (χ1v) is 5.88. The van der Waals surface area contributed by atoms with Gasteiger partial charge in [-0.05, 0) is 31.2 Å². The second kappa shape index (κ2) is 6.78. The van der Waals surface area contributed by atoms with Crippen LogP contribution in [0.3, 0.4) is 0 Å². The van der Waals surface area contributed by atoms with Crippen molar-refractivity contribution in [1.29, 1.82) is 0 Å². The fourth-order valence-corrected chi connectivity index (χ4v) is 1.82. The molecule has 0 saturated heterocycles. The van der Waals surface area contributed by atoms with Gasteiger partial charge in [-0.15, -0.1) is 0 Å². The fraction of sp³-hybridized carbons (Fsp3) is 0.273. The highest BCUT2D eigenvalue weighted by molar-refractivity contribution is 6.64. The first-order chi connectivity index (χ1) is 8.45. The Morgan fingerprint density at radius 1 is 1.50 bits per heavy atom. The van der Waals surface area contributed by atoms with E-state index in [1.54, 1.807) is 18.2 Å². The van der Waals surface area contributed by atoms with Gasteiger partial charge in [0.25, 0.3) is 7.41 Å². The van der Waals surface area contributed by atoms with Crippen LogP contribution in [0.1, 0.15) is 5.56 Å². The lowest BCUT2D eigenvalue weighted by Gasteiger charge is -2.22. The first kappa shape index (κ1) is 15.0. The van der Waals surface area contributed by atoms with Crippen LogP contribution in [0.25, 0.3) is 0 Å². The Bertz CT molecular complexity index is 456. The third-order valence-electron chi connectivity index (χ3n) is 2.49. The van der Waals surface area contributed by atoms with E-state index >= 15 is 0 Å². The molecule has 0 aliphatic carbocycles. The van der Waals surface area contributed by atoms with Crippen LogP contribution in [0.5, 0.6) is 0 Å². The van der Waals surface area contributed by atoms with Gasteiger partial charge < -0.3 is 14.7 Å². The van der Waals surface area contributed by atoms with Crippen LogP contribution in [0.4, 0.5) is 0 Å². The van der Waals surface area contributed by atoms with Crippen LogP contribution < -0.4 is 0 Å². The molecule has 0 saturated carbocycles. The summed E-state index contributed by atoms with van der Waals surface area (Å²) < 4.78 is 0. The van der Waals surface area contributed by atoms with Crippen molar-refractivity contribution in [3.8, 4) is 0 Å². The van der Waals surface area contributed by atoms with Crippen LogP contribution in [0.15, 0.2) is 18.2 Å². The van der Waals surface area contributed by atoms with Crippen molar-refractivity contribution in [2.75, 3.05) is 7.05 Å². The van der Waals surface area contributed by atoms with Gasteiger partial charge >= 0.3 is 5.97 Å². The third kappa shape index (κ3) is 4.01. The SMILES string of the molecule is CN([B]C=O)[C@H](Cc1ccc(Cl)c(Cl)c1)C(=O)O. The zero-order chi connectivity index (χ0) is 13.7. The van der Waals surface area contributed by atoms with Gasteiger partial charge in [0.2, 0.25) is 0 Å². The highest BCUT2D eigenvalue weighted by atomic mass is 35.5. The molecule has 0 aromatic heterocycles. The maximum atomic E-state index is 11.1. The monoisotopic (exact) mass is 286 g/mol. The summed E-state index contributed by atoms with van der Waals surface area (Å²) in [5.41, 5.74) is 0.739. The fourth-order valence-electron chi connectivity index (χ4n) is 1.50. The van der Waals surface area contributed by atoms with E-state index in [4.69, 9.17) is 28.3 Å². The van der Waals surface area contributed by atoms with E-state index in [1.807, 2.05) is 0 Å². The van der Waals surface area contributed by atoms with Crippen molar-refractivity contribution < 1.29 is 14.7 Å². The molecule has 0 unspecified atom stereocenters. The number of carbonyl (C=O) groups is 2. The van der Waals surface area contributed by atoms with Crippen molar-refractivity contribution in [2.24, 2.45) is 0 Å². The number of halogens is 2. The van der Waals surface area contributed by atoms with Gasteiger partial charge in [0.15, 0.2) is 0 Å². The number of aliphatic carboxylic acids is 1. The molecular weight excluding hydrogens is 276 g/mol. The minimum Gasteiger partial charge on any atom is -0.480 e. The molecule has 1 aromatic rings. The molecule has 0 amide bonds. The lowest BCUT2D eigenvalue weighted by atomic mass is 9.90. The summed E-state index contributed by atoms with van der Waals surface area (Å²) in [5.74, 6) is -1.01. The topological polar surface area (TPSA) is 57.6 Å². The number of benzene rings is 1. The van der Waals surface area contributed by atoms with E-state index in [1.165, 1.54) is 19.3 Å². The molecule has 1 N–H and O–H groups in total. The Kier molecular flexibility index (Phi) is 5.66. The van der Waals surface area contributed by atoms with Gasteiger partial charge in [-0.2, -0.15) is 0 Å². The van der Waals surface area contributed by atoms with Crippen molar-refractivity contribution in [2.45, 2.75) is 12.5 Å². The average molecular weight is 287 g/mol. The maximum absolute atomic E-state index is 11.1. The van der Waals surface area contributed by atoms with Gasteiger partial charge in [0.05, 0.1) is 16.2 Å². The van der Waals surface area contributed by atoms with Gasteiger partial charge in [-0.3, -0.25) is 4.79 Å². The number of nitrogens with zero attached hydrogens (tertiary/aromatic N) is 1. The molecule has 1 atom stereocenters. The molecule has 0 fully saturated rings. The summed E-state index contributed by atoms with van der Waals surface area (Å²) in [6, 6.07) is 4.11. The lowest BCUT2D eigenvalue weighted by molar-refractivity contribution is -0.141. The smallest absolute Gasteiger partial charge is 0.320 e. The second-order valence-corrected chi connectivity index (χ2v) is 4.57. The molecule has 4 nitrogen and oxygen atoms in total. The number of carbonyl (C=O) groups excluding carboxylic acids is 1. The molecule has 0 aliphatic heterocycles. The van der Waals surface area contributed by atoms with Crippen molar-refractivity contribution >= 4 is 42.8 Å². The van der Waals surface area contributed by atoms with Crippen molar-refractivity contribution in [3.63, 3.8) is 0 Å². The first-order valence-electron chi connectivity index (χ1n) is 5.13. The van der Waals surface area contributed by atoms with Crippen LogP contribution >= 0.6 is 23.2 Å². The summed E-state index contributed by atoms with van der Waals surface area (Å²) in [5, 5.41) is 9.91. The Morgan fingerprint density at radius 3 is 2.67 bits per heavy atom. The Labute approximate surface area is 116 Å². The highest BCUT2D eigenvalue weighted by Crippen LogP contribution is 2.23. The zero-order valence-electron chi connectivity index (χ0n) is 9.64. The summed E-state index contributed by atoms with van der Waals surface area (Å²) in [6.07, 6.45) is 0.776. The maximum Gasteiger partial charge on any atom is 0.320 e. The molecule has 0 heterocycles. The van der Waals surface area contributed by atoms with Gasteiger partial charge in [-0.25, -0.2) is 0 Å². The standard InChI is InChI=1S/C11H11BCl2NO3/c1-15(12-6-16)10(11(17)18)5-7-2-3-8(13)9(14)4-7/h2-4,6,10H,5H2,1H3,(H,17,18)/t10-/m1/s1. The van der Waals surface area contributed by atoms with Crippen molar-refractivity contribution in [1.82, 2.24) is 4.81 Å². The Hall–Kier alpha value is -1.04. The average Bonchev–Trinajstić information content (AvgIpc) is 2.30. The number of hydrogen-bond donors (Lipinski definition) is 1. The van der Waals surface area contributed by atoms with E-state index in [2.05, 4.69) is 0 Å². The molecular formula is C11H11BCl2NO3. The molecule has 0 aliphatic rings. The van der Waals surface area contributed by atoms with E-state index in [-0.39, 0.29) is 6.42 Å². The Balaban J connectivity index is 2.86. The van der Waals surface area contributed by atoms with Gasteiger partial charge in [0, 0.05) is 0 Å².